The third kappa shape index (κ3) is 4.92. The second-order valence-corrected chi connectivity index (χ2v) is 4.64. The van der Waals surface area contributed by atoms with Gasteiger partial charge in [-0.05, 0) is 26.8 Å². The molecule has 1 rings (SSSR count). The lowest BCUT2D eigenvalue weighted by molar-refractivity contribution is -0.385. The SMILES string of the molecule is CC(C)(C)OC(=O)OC(=O)Oc1ccccc1[N+](=O)[O-]. The maximum Gasteiger partial charge on any atom is 0.524 e. The molecule has 0 unspecified atom stereocenters. The molecule has 8 nitrogen and oxygen atoms in total. The van der Waals surface area contributed by atoms with Crippen LogP contribution in [-0.4, -0.2) is 22.8 Å². The fraction of sp³-hybridized carbons (Fsp3) is 0.333. The zero-order valence-electron chi connectivity index (χ0n) is 11.1. The van der Waals surface area contributed by atoms with E-state index < -0.39 is 28.5 Å². The summed E-state index contributed by atoms with van der Waals surface area (Å²) in [5.74, 6) is -0.328. The lowest BCUT2D eigenvalue weighted by atomic mass is 10.2. The van der Waals surface area contributed by atoms with Crippen molar-refractivity contribution in [1.29, 1.82) is 0 Å². The summed E-state index contributed by atoms with van der Waals surface area (Å²) < 4.78 is 13.5. The van der Waals surface area contributed by atoms with Gasteiger partial charge in [-0.2, -0.15) is 0 Å². The molecule has 0 spiro atoms. The molecule has 0 bridgehead atoms. The molecule has 108 valence electrons. The van der Waals surface area contributed by atoms with E-state index in [1.165, 1.54) is 18.2 Å². The molecular formula is C12H13NO7. The molecule has 0 radical (unpaired) electrons. The number of para-hydroxylation sites is 2. The quantitative estimate of drug-likeness (QED) is 0.270. The minimum atomic E-state index is -1.41. The van der Waals surface area contributed by atoms with Crippen LogP contribution in [0.1, 0.15) is 20.8 Å². The molecule has 0 fully saturated rings. The van der Waals surface area contributed by atoms with Gasteiger partial charge >= 0.3 is 18.0 Å². The smallest absolute Gasteiger partial charge is 0.428 e. The first kappa shape index (κ1) is 15.4. The number of hydrogen-bond acceptors (Lipinski definition) is 7. The highest BCUT2D eigenvalue weighted by Crippen LogP contribution is 2.26. The van der Waals surface area contributed by atoms with Crippen molar-refractivity contribution in [2.45, 2.75) is 26.4 Å². The minimum absolute atomic E-state index is 0.328. The van der Waals surface area contributed by atoms with Crippen molar-refractivity contribution in [1.82, 2.24) is 0 Å². The number of rotatable bonds is 2. The monoisotopic (exact) mass is 283 g/mol. The van der Waals surface area contributed by atoms with Crippen molar-refractivity contribution in [2.75, 3.05) is 0 Å². The van der Waals surface area contributed by atoms with Gasteiger partial charge in [0.15, 0.2) is 0 Å². The zero-order valence-corrected chi connectivity index (χ0v) is 11.1. The molecule has 0 aliphatic carbocycles. The Hall–Kier alpha value is -2.64. The van der Waals surface area contributed by atoms with Gasteiger partial charge < -0.3 is 14.2 Å². The second-order valence-electron chi connectivity index (χ2n) is 4.64. The minimum Gasteiger partial charge on any atom is -0.428 e. The van der Waals surface area contributed by atoms with Gasteiger partial charge in [0, 0.05) is 6.07 Å². The summed E-state index contributed by atoms with van der Waals surface area (Å²) in [5.41, 5.74) is -1.26. The molecule has 0 amide bonds. The molecule has 0 aliphatic rings. The lowest BCUT2D eigenvalue weighted by Crippen LogP contribution is -2.27. The zero-order chi connectivity index (χ0) is 15.3. The van der Waals surface area contributed by atoms with Crippen LogP contribution >= 0.6 is 0 Å². The van der Waals surface area contributed by atoms with E-state index in [-0.39, 0.29) is 5.75 Å². The van der Waals surface area contributed by atoms with Crippen LogP contribution in [-0.2, 0) is 9.47 Å². The van der Waals surface area contributed by atoms with E-state index in [0.717, 1.165) is 6.07 Å². The van der Waals surface area contributed by atoms with E-state index in [4.69, 9.17) is 4.74 Å². The van der Waals surface area contributed by atoms with Gasteiger partial charge in [0.05, 0.1) is 4.92 Å². The van der Waals surface area contributed by atoms with Crippen LogP contribution in [0.2, 0.25) is 0 Å². The summed E-state index contributed by atoms with van der Waals surface area (Å²) in [5, 5.41) is 10.7. The van der Waals surface area contributed by atoms with Crippen molar-refractivity contribution in [3.05, 3.63) is 34.4 Å². The summed E-state index contributed by atoms with van der Waals surface area (Å²) in [4.78, 5) is 32.5. The number of hydrogen-bond donors (Lipinski definition) is 0. The first-order valence-electron chi connectivity index (χ1n) is 5.55. The Morgan fingerprint density at radius 3 is 2.30 bits per heavy atom. The normalized spacial score (nSPS) is 10.6. The molecule has 0 saturated carbocycles. The molecule has 0 heterocycles. The number of carbonyl (C=O) groups excluding carboxylic acids is 2. The van der Waals surface area contributed by atoms with Gasteiger partial charge in [-0.25, -0.2) is 9.59 Å². The van der Waals surface area contributed by atoms with Crippen molar-refractivity contribution in [3.8, 4) is 5.75 Å². The first-order valence-corrected chi connectivity index (χ1v) is 5.55. The molecule has 1 aromatic rings. The summed E-state index contributed by atoms with van der Waals surface area (Å²) in [6.07, 6.45) is -2.66. The van der Waals surface area contributed by atoms with Crippen molar-refractivity contribution in [2.24, 2.45) is 0 Å². The molecule has 20 heavy (non-hydrogen) atoms. The highest BCUT2D eigenvalue weighted by atomic mass is 16.8. The summed E-state index contributed by atoms with van der Waals surface area (Å²) in [6, 6.07) is 5.19. The fourth-order valence-electron chi connectivity index (χ4n) is 1.14. The van der Waals surface area contributed by atoms with Gasteiger partial charge in [-0.1, -0.05) is 12.1 Å². The Morgan fingerprint density at radius 2 is 1.75 bits per heavy atom. The molecule has 0 aromatic heterocycles. The van der Waals surface area contributed by atoms with E-state index in [2.05, 4.69) is 9.47 Å². The largest absolute Gasteiger partial charge is 0.524 e. The van der Waals surface area contributed by atoms with E-state index >= 15 is 0 Å². The van der Waals surface area contributed by atoms with Crippen LogP contribution in [0.5, 0.6) is 5.75 Å². The van der Waals surface area contributed by atoms with E-state index in [0.29, 0.717) is 0 Å². The van der Waals surface area contributed by atoms with Crippen LogP contribution in [0.4, 0.5) is 15.3 Å². The number of nitro groups is 1. The molecule has 0 aliphatic heterocycles. The lowest BCUT2D eigenvalue weighted by Gasteiger charge is -2.17. The van der Waals surface area contributed by atoms with Gasteiger partial charge in [-0.3, -0.25) is 10.1 Å². The predicted octanol–water partition coefficient (Wildman–Crippen LogP) is 3.05. The Labute approximate surface area is 114 Å². The molecule has 8 heteroatoms. The molecule has 1 aromatic carbocycles. The third-order valence-corrected chi connectivity index (χ3v) is 1.81. The number of carbonyl (C=O) groups is 2. The Balaban J connectivity index is 2.68. The Bertz CT molecular complexity index is 533. The van der Waals surface area contributed by atoms with Gasteiger partial charge in [0.25, 0.3) is 0 Å². The highest BCUT2D eigenvalue weighted by Gasteiger charge is 2.23. The summed E-state index contributed by atoms with van der Waals surface area (Å²) in [6.45, 7) is 4.75. The number of nitrogens with zero attached hydrogens (tertiary/aromatic N) is 1. The van der Waals surface area contributed by atoms with Crippen LogP contribution in [0.15, 0.2) is 24.3 Å². The van der Waals surface area contributed by atoms with Crippen molar-refractivity contribution >= 4 is 18.0 Å². The van der Waals surface area contributed by atoms with E-state index in [1.54, 1.807) is 20.8 Å². The average Bonchev–Trinajstić information content (AvgIpc) is 2.26. The van der Waals surface area contributed by atoms with Gasteiger partial charge in [0.1, 0.15) is 5.60 Å². The van der Waals surface area contributed by atoms with Crippen molar-refractivity contribution < 1.29 is 28.7 Å². The first-order chi connectivity index (χ1) is 9.19. The van der Waals surface area contributed by atoms with Gasteiger partial charge in [-0.15, -0.1) is 0 Å². The van der Waals surface area contributed by atoms with E-state index in [9.17, 15) is 19.7 Å². The maximum atomic E-state index is 11.3. The topological polar surface area (TPSA) is 105 Å². The van der Waals surface area contributed by atoms with Gasteiger partial charge in [0.2, 0.25) is 5.75 Å². The fourth-order valence-corrected chi connectivity index (χ4v) is 1.14. The molecule has 0 saturated heterocycles. The Kier molecular flexibility index (Phi) is 4.63. The summed E-state index contributed by atoms with van der Waals surface area (Å²) >= 11 is 0. The number of nitro benzene ring substituents is 1. The maximum absolute atomic E-state index is 11.3. The average molecular weight is 283 g/mol. The number of benzene rings is 1. The van der Waals surface area contributed by atoms with Crippen LogP contribution in [0.3, 0.4) is 0 Å². The molecule has 0 N–H and O–H groups in total. The number of ether oxygens (including phenoxy) is 3. The highest BCUT2D eigenvalue weighted by molar-refractivity contribution is 5.79. The Morgan fingerprint density at radius 1 is 1.15 bits per heavy atom. The van der Waals surface area contributed by atoms with Crippen LogP contribution < -0.4 is 4.74 Å². The van der Waals surface area contributed by atoms with Crippen LogP contribution in [0, 0.1) is 10.1 Å². The summed E-state index contributed by atoms with van der Waals surface area (Å²) in [7, 11) is 0. The van der Waals surface area contributed by atoms with Crippen molar-refractivity contribution in [3.63, 3.8) is 0 Å². The van der Waals surface area contributed by atoms with E-state index in [1.807, 2.05) is 0 Å². The molecule has 0 atom stereocenters. The second kappa shape index (κ2) is 6.00. The predicted molar refractivity (Wildman–Crippen MR) is 66.4 cm³/mol. The standard InChI is InChI=1S/C12H13NO7/c1-12(2,3)20-11(15)19-10(14)18-9-7-5-4-6-8(9)13(16)17/h4-7H,1-3H3. The molecular weight excluding hydrogens is 270 g/mol. The third-order valence-electron chi connectivity index (χ3n) is 1.81. The van der Waals surface area contributed by atoms with Crippen LogP contribution in [0.25, 0.3) is 0 Å².